The highest BCUT2D eigenvalue weighted by Gasteiger charge is 2.19. The molecule has 68 heavy (non-hydrogen) atoms. The summed E-state index contributed by atoms with van der Waals surface area (Å²) in [7, 11) is 0. The molecule has 1 unspecified atom stereocenters. The van der Waals surface area contributed by atoms with E-state index >= 15 is 0 Å². The van der Waals surface area contributed by atoms with Crippen LogP contribution in [0.15, 0.2) is 109 Å². The van der Waals surface area contributed by atoms with Gasteiger partial charge in [-0.15, -0.1) is 0 Å². The summed E-state index contributed by atoms with van der Waals surface area (Å²) in [5.41, 5.74) is 0. The van der Waals surface area contributed by atoms with Gasteiger partial charge in [-0.2, -0.15) is 0 Å². The van der Waals surface area contributed by atoms with Crippen molar-refractivity contribution in [3.8, 4) is 0 Å². The lowest BCUT2D eigenvalue weighted by Gasteiger charge is -2.18. The number of hydrogen-bond acceptors (Lipinski definition) is 6. The second kappa shape index (κ2) is 55.7. The van der Waals surface area contributed by atoms with Crippen LogP contribution in [0.5, 0.6) is 0 Å². The van der Waals surface area contributed by atoms with E-state index in [9.17, 15) is 14.4 Å². The molecule has 1 atom stereocenters. The number of hydrogen-bond donors (Lipinski definition) is 0. The minimum atomic E-state index is -0.808. The van der Waals surface area contributed by atoms with Gasteiger partial charge in [-0.25, -0.2) is 0 Å². The van der Waals surface area contributed by atoms with Gasteiger partial charge in [0.15, 0.2) is 6.10 Å². The summed E-state index contributed by atoms with van der Waals surface area (Å²) >= 11 is 0. The average Bonchev–Trinajstić information content (AvgIpc) is 3.34. The summed E-state index contributed by atoms with van der Waals surface area (Å²) in [5.74, 6) is -0.965. The molecular weight excluding hydrogens is 841 g/mol. The first-order chi connectivity index (χ1) is 33.5. The summed E-state index contributed by atoms with van der Waals surface area (Å²) in [6.07, 6.45) is 74.9. The molecule has 0 aliphatic rings. The third-order valence-electron chi connectivity index (χ3n) is 11.6. The molecule has 0 amide bonds. The van der Waals surface area contributed by atoms with E-state index in [1.807, 2.05) is 24.3 Å². The molecule has 0 aromatic carbocycles. The van der Waals surface area contributed by atoms with E-state index in [1.54, 1.807) is 0 Å². The van der Waals surface area contributed by atoms with E-state index in [4.69, 9.17) is 14.2 Å². The fourth-order valence-corrected chi connectivity index (χ4v) is 7.41. The Bertz CT molecular complexity index is 1410. The molecule has 0 aliphatic carbocycles. The molecule has 0 heterocycles. The lowest BCUT2D eigenvalue weighted by atomic mass is 10.1. The zero-order valence-corrected chi connectivity index (χ0v) is 44.1. The van der Waals surface area contributed by atoms with Crippen LogP contribution in [0, 0.1) is 0 Å². The lowest BCUT2D eigenvalue weighted by molar-refractivity contribution is -0.167. The quantitative estimate of drug-likeness (QED) is 0.0199. The van der Waals surface area contributed by atoms with Crippen molar-refractivity contribution in [2.45, 2.75) is 252 Å². The van der Waals surface area contributed by atoms with Gasteiger partial charge in [0.2, 0.25) is 0 Å². The molecule has 386 valence electrons. The van der Waals surface area contributed by atoms with Crippen LogP contribution >= 0.6 is 0 Å². The Morgan fingerprint density at radius 2 is 0.574 bits per heavy atom. The van der Waals surface area contributed by atoms with Crippen LogP contribution < -0.4 is 0 Å². The van der Waals surface area contributed by atoms with Crippen molar-refractivity contribution in [3.05, 3.63) is 109 Å². The zero-order chi connectivity index (χ0) is 49.3. The number of esters is 3. The monoisotopic (exact) mass is 943 g/mol. The fourth-order valence-electron chi connectivity index (χ4n) is 7.41. The molecule has 0 rings (SSSR count). The highest BCUT2D eigenvalue weighted by Crippen LogP contribution is 2.13. The van der Waals surface area contributed by atoms with Gasteiger partial charge in [-0.3, -0.25) is 14.4 Å². The van der Waals surface area contributed by atoms with Crippen molar-refractivity contribution in [2.24, 2.45) is 0 Å². The Kier molecular flexibility index (Phi) is 52.4. The molecule has 6 nitrogen and oxygen atoms in total. The van der Waals surface area contributed by atoms with E-state index in [1.165, 1.54) is 83.5 Å². The maximum atomic E-state index is 12.8. The first-order valence-electron chi connectivity index (χ1n) is 28.0. The topological polar surface area (TPSA) is 78.9 Å². The highest BCUT2D eigenvalue weighted by molar-refractivity contribution is 5.71. The summed E-state index contributed by atoms with van der Waals surface area (Å²) in [5, 5.41) is 0. The van der Waals surface area contributed by atoms with Crippen LogP contribution in [0.1, 0.15) is 245 Å². The molecule has 0 aromatic heterocycles. The smallest absolute Gasteiger partial charge is 0.306 e. The van der Waals surface area contributed by atoms with Gasteiger partial charge in [-0.1, -0.05) is 246 Å². The normalized spacial score (nSPS) is 12.9. The molecule has 0 aliphatic heterocycles. The van der Waals surface area contributed by atoms with Crippen molar-refractivity contribution in [1.82, 2.24) is 0 Å². The summed E-state index contributed by atoms with van der Waals surface area (Å²) < 4.78 is 16.8. The van der Waals surface area contributed by atoms with Crippen LogP contribution in [-0.2, 0) is 28.6 Å². The largest absolute Gasteiger partial charge is 0.462 e. The molecule has 0 spiro atoms. The number of rotatable bonds is 49. The molecule has 0 fully saturated rings. The van der Waals surface area contributed by atoms with E-state index < -0.39 is 6.10 Å². The summed E-state index contributed by atoms with van der Waals surface area (Å²) in [6, 6.07) is 0. The van der Waals surface area contributed by atoms with Gasteiger partial charge in [-0.05, 0) is 89.9 Å². The third-order valence-corrected chi connectivity index (χ3v) is 11.6. The standard InChI is InChI=1S/C62H102O6/c1-4-7-10-13-16-19-22-25-28-30-32-34-37-40-43-46-49-52-55-61(64)67-58-59(57-66-60(63)54-51-48-45-42-39-36-27-24-21-18-15-12-9-6-3)68-62(65)56-53-50-47-44-41-38-35-33-31-29-26-23-20-17-14-11-8-5-2/h10,13,16,19,22-23,25-26,28-36,39,59H,4-9,11-12,14-15,17-18,20-21,24,27,37-38,40-58H2,1-3H3/b13-10-,19-16-,25-22-,26-23-,30-28-,31-29-,34-32-,35-33-,39-36-. The number of ether oxygens (including phenoxy) is 3. The SMILES string of the molecule is CCC\C=C/C=C\C=C/C=C\C=C/CCCCCCCC(=O)OCC(COC(=O)CCCCC/C=C\CCCCCCCCC)OC(=O)CCCCCCC\C=C/C=C\C=C/CCCCCCC. The Hall–Kier alpha value is -3.93. The van der Waals surface area contributed by atoms with E-state index in [-0.39, 0.29) is 31.1 Å². The lowest BCUT2D eigenvalue weighted by Crippen LogP contribution is -2.30. The molecule has 0 aromatic rings. The van der Waals surface area contributed by atoms with E-state index in [0.29, 0.717) is 19.3 Å². The molecular formula is C62H102O6. The van der Waals surface area contributed by atoms with Gasteiger partial charge in [0.05, 0.1) is 0 Å². The molecule has 0 saturated heterocycles. The van der Waals surface area contributed by atoms with Crippen molar-refractivity contribution in [2.75, 3.05) is 13.2 Å². The van der Waals surface area contributed by atoms with Gasteiger partial charge >= 0.3 is 17.9 Å². The first-order valence-corrected chi connectivity index (χ1v) is 28.0. The summed E-state index contributed by atoms with van der Waals surface area (Å²) in [6.45, 7) is 6.48. The minimum absolute atomic E-state index is 0.105. The molecule has 6 heteroatoms. The van der Waals surface area contributed by atoms with Crippen LogP contribution in [0.2, 0.25) is 0 Å². The fraction of sp³-hybridized carbons (Fsp3) is 0.661. The van der Waals surface area contributed by atoms with Crippen molar-refractivity contribution >= 4 is 17.9 Å². The Morgan fingerprint density at radius 1 is 0.294 bits per heavy atom. The van der Waals surface area contributed by atoms with E-state index in [0.717, 1.165) is 122 Å². The Labute approximate surface area is 419 Å². The van der Waals surface area contributed by atoms with E-state index in [2.05, 4.69) is 106 Å². The molecule has 0 bridgehead atoms. The maximum absolute atomic E-state index is 12.8. The van der Waals surface area contributed by atoms with Gasteiger partial charge in [0.25, 0.3) is 0 Å². The second-order valence-electron chi connectivity index (χ2n) is 18.3. The van der Waals surface area contributed by atoms with Crippen molar-refractivity contribution in [3.63, 3.8) is 0 Å². The highest BCUT2D eigenvalue weighted by atomic mass is 16.6. The number of carbonyl (C=O) groups excluding carboxylic acids is 3. The molecule has 0 radical (unpaired) electrons. The van der Waals surface area contributed by atoms with Crippen molar-refractivity contribution < 1.29 is 28.6 Å². The number of unbranched alkanes of at least 4 members (excludes halogenated alkanes) is 26. The summed E-state index contributed by atoms with van der Waals surface area (Å²) in [4.78, 5) is 38.1. The van der Waals surface area contributed by atoms with Gasteiger partial charge in [0, 0.05) is 19.3 Å². The number of allylic oxidation sites excluding steroid dienone is 18. The average molecular weight is 943 g/mol. The molecule has 0 saturated carbocycles. The number of carbonyl (C=O) groups is 3. The Balaban J connectivity index is 4.52. The van der Waals surface area contributed by atoms with Crippen molar-refractivity contribution in [1.29, 1.82) is 0 Å². The van der Waals surface area contributed by atoms with Crippen LogP contribution in [-0.4, -0.2) is 37.2 Å². The molecule has 0 N–H and O–H groups in total. The van der Waals surface area contributed by atoms with Gasteiger partial charge in [0.1, 0.15) is 13.2 Å². The van der Waals surface area contributed by atoms with Crippen LogP contribution in [0.25, 0.3) is 0 Å². The second-order valence-corrected chi connectivity index (χ2v) is 18.3. The van der Waals surface area contributed by atoms with Crippen LogP contribution in [0.4, 0.5) is 0 Å². The Morgan fingerprint density at radius 3 is 0.941 bits per heavy atom. The third kappa shape index (κ3) is 53.0. The minimum Gasteiger partial charge on any atom is -0.462 e. The maximum Gasteiger partial charge on any atom is 0.306 e. The first kappa shape index (κ1) is 64.1. The van der Waals surface area contributed by atoms with Crippen LogP contribution in [0.3, 0.4) is 0 Å². The van der Waals surface area contributed by atoms with Gasteiger partial charge < -0.3 is 14.2 Å². The predicted octanol–water partition coefficient (Wildman–Crippen LogP) is 18.7. The predicted molar refractivity (Wildman–Crippen MR) is 293 cm³/mol. The zero-order valence-electron chi connectivity index (χ0n) is 44.1.